The van der Waals surface area contributed by atoms with Crippen molar-refractivity contribution in [2.24, 2.45) is 0 Å². The van der Waals surface area contributed by atoms with Crippen molar-refractivity contribution >= 4 is 11.4 Å². The molecule has 0 saturated carbocycles. The minimum Gasteiger partial charge on any atom is -0.399 e. The Balaban J connectivity index is 1.96. The van der Waals surface area contributed by atoms with Gasteiger partial charge in [0.2, 0.25) is 0 Å². The lowest BCUT2D eigenvalue weighted by Gasteiger charge is -2.04. The van der Waals surface area contributed by atoms with Gasteiger partial charge in [-0.15, -0.1) is 10.2 Å². The van der Waals surface area contributed by atoms with Gasteiger partial charge in [0.15, 0.2) is 0 Å². The third-order valence-corrected chi connectivity index (χ3v) is 3.03. The normalized spacial score (nSPS) is 10.4. The maximum Gasteiger partial charge on any atom is 0.0930 e. The van der Waals surface area contributed by atoms with Crippen LogP contribution in [-0.4, -0.2) is 10.2 Å². The van der Waals surface area contributed by atoms with E-state index in [2.05, 4.69) is 10.2 Å². The van der Waals surface area contributed by atoms with Gasteiger partial charge in [-0.1, -0.05) is 24.3 Å². The fourth-order valence-corrected chi connectivity index (χ4v) is 2.04. The van der Waals surface area contributed by atoms with E-state index in [9.17, 15) is 0 Å². The molecule has 0 spiro atoms. The summed E-state index contributed by atoms with van der Waals surface area (Å²) in [5.74, 6) is 0. The molecule has 0 amide bonds. The summed E-state index contributed by atoms with van der Waals surface area (Å²) >= 11 is 0. The second-order valence-electron chi connectivity index (χ2n) is 4.55. The monoisotopic (exact) mass is 262 g/mol. The average molecular weight is 262 g/mol. The van der Waals surface area contributed by atoms with Gasteiger partial charge < -0.3 is 11.5 Å². The van der Waals surface area contributed by atoms with Gasteiger partial charge in [0.25, 0.3) is 0 Å². The third kappa shape index (κ3) is 2.44. The van der Waals surface area contributed by atoms with Gasteiger partial charge in [-0.2, -0.15) is 0 Å². The van der Waals surface area contributed by atoms with Crippen LogP contribution in [0.3, 0.4) is 0 Å². The second-order valence-corrected chi connectivity index (χ2v) is 4.55. The molecular formula is C16H14N4. The van der Waals surface area contributed by atoms with E-state index >= 15 is 0 Å². The molecule has 3 aromatic rings. The van der Waals surface area contributed by atoms with E-state index in [4.69, 9.17) is 11.5 Å². The number of rotatable bonds is 2. The number of anilines is 2. The molecule has 4 nitrogen and oxygen atoms in total. The van der Waals surface area contributed by atoms with Crippen LogP contribution in [0.15, 0.2) is 60.7 Å². The van der Waals surface area contributed by atoms with Crippen LogP contribution in [-0.2, 0) is 0 Å². The molecule has 0 saturated heterocycles. The third-order valence-electron chi connectivity index (χ3n) is 3.03. The maximum atomic E-state index is 5.77. The fraction of sp³-hybridized carbons (Fsp3) is 0. The van der Waals surface area contributed by atoms with Gasteiger partial charge in [0, 0.05) is 22.5 Å². The van der Waals surface area contributed by atoms with Crippen molar-refractivity contribution in [2.45, 2.75) is 0 Å². The zero-order chi connectivity index (χ0) is 13.9. The van der Waals surface area contributed by atoms with E-state index < -0.39 is 0 Å². The number of hydrogen-bond acceptors (Lipinski definition) is 4. The number of aromatic nitrogens is 2. The van der Waals surface area contributed by atoms with Crippen molar-refractivity contribution in [3.8, 4) is 22.5 Å². The van der Waals surface area contributed by atoms with Gasteiger partial charge in [0.1, 0.15) is 0 Å². The summed E-state index contributed by atoms with van der Waals surface area (Å²) in [6.45, 7) is 0. The molecule has 2 aromatic carbocycles. The molecule has 0 aliphatic heterocycles. The second kappa shape index (κ2) is 5.01. The molecule has 0 aliphatic rings. The first kappa shape index (κ1) is 12.2. The minimum atomic E-state index is 0.712. The molecule has 0 unspecified atom stereocenters. The van der Waals surface area contributed by atoms with Crippen LogP contribution in [0.4, 0.5) is 11.4 Å². The maximum absolute atomic E-state index is 5.77. The molecule has 3 rings (SSSR count). The standard InChI is InChI=1S/C16H14N4/c17-13-5-1-3-11(9-13)15-7-8-16(20-19-15)12-4-2-6-14(18)10-12/h1-10H,17-18H2. The Morgan fingerprint density at radius 2 is 1.05 bits per heavy atom. The van der Waals surface area contributed by atoms with E-state index in [1.165, 1.54) is 0 Å². The van der Waals surface area contributed by atoms with E-state index in [1.54, 1.807) is 0 Å². The van der Waals surface area contributed by atoms with Gasteiger partial charge in [-0.3, -0.25) is 0 Å². The number of nitrogen functional groups attached to an aromatic ring is 2. The Bertz CT molecular complexity index is 671. The Labute approximate surface area is 117 Å². The highest BCUT2D eigenvalue weighted by atomic mass is 15.1. The van der Waals surface area contributed by atoms with Crippen molar-refractivity contribution in [3.05, 3.63) is 60.7 Å². The number of benzene rings is 2. The van der Waals surface area contributed by atoms with Crippen LogP contribution < -0.4 is 11.5 Å². The molecule has 20 heavy (non-hydrogen) atoms. The van der Waals surface area contributed by atoms with Crippen LogP contribution in [0, 0.1) is 0 Å². The van der Waals surface area contributed by atoms with Crippen molar-refractivity contribution in [1.29, 1.82) is 0 Å². The highest BCUT2D eigenvalue weighted by Gasteiger charge is 2.03. The summed E-state index contributed by atoms with van der Waals surface area (Å²) in [5, 5.41) is 8.50. The molecule has 1 heterocycles. The zero-order valence-electron chi connectivity index (χ0n) is 10.8. The van der Waals surface area contributed by atoms with Gasteiger partial charge in [-0.05, 0) is 36.4 Å². The molecule has 0 atom stereocenters. The van der Waals surface area contributed by atoms with Crippen molar-refractivity contribution in [3.63, 3.8) is 0 Å². The number of nitrogens with zero attached hydrogens (tertiary/aromatic N) is 2. The Kier molecular flexibility index (Phi) is 3.05. The van der Waals surface area contributed by atoms with Crippen molar-refractivity contribution < 1.29 is 0 Å². The van der Waals surface area contributed by atoms with Crippen LogP contribution in [0.1, 0.15) is 0 Å². The molecule has 0 aliphatic carbocycles. The van der Waals surface area contributed by atoms with Crippen LogP contribution >= 0.6 is 0 Å². The van der Waals surface area contributed by atoms with E-state index in [0.717, 1.165) is 22.5 Å². The predicted octanol–water partition coefficient (Wildman–Crippen LogP) is 2.97. The van der Waals surface area contributed by atoms with Crippen molar-refractivity contribution in [2.75, 3.05) is 11.5 Å². The van der Waals surface area contributed by atoms with Crippen LogP contribution in [0.2, 0.25) is 0 Å². The highest BCUT2D eigenvalue weighted by Crippen LogP contribution is 2.22. The molecule has 0 radical (unpaired) electrons. The van der Waals surface area contributed by atoms with E-state index in [0.29, 0.717) is 11.4 Å². The minimum absolute atomic E-state index is 0.712. The molecular weight excluding hydrogens is 248 g/mol. The lowest BCUT2D eigenvalue weighted by Crippen LogP contribution is -1.92. The quantitative estimate of drug-likeness (QED) is 0.696. The zero-order valence-corrected chi connectivity index (χ0v) is 10.8. The Morgan fingerprint density at radius 3 is 1.40 bits per heavy atom. The van der Waals surface area contributed by atoms with E-state index in [1.807, 2.05) is 60.7 Å². The first-order chi connectivity index (χ1) is 9.72. The number of hydrogen-bond donors (Lipinski definition) is 2. The summed E-state index contributed by atoms with van der Waals surface area (Å²) in [5.41, 5.74) is 16.5. The Morgan fingerprint density at radius 1 is 0.600 bits per heavy atom. The predicted molar refractivity (Wildman–Crippen MR) is 81.7 cm³/mol. The lowest BCUT2D eigenvalue weighted by molar-refractivity contribution is 1.04. The average Bonchev–Trinajstić information content (AvgIpc) is 2.47. The van der Waals surface area contributed by atoms with Crippen LogP contribution in [0.5, 0.6) is 0 Å². The van der Waals surface area contributed by atoms with Crippen molar-refractivity contribution in [1.82, 2.24) is 10.2 Å². The molecule has 4 N–H and O–H groups in total. The summed E-state index contributed by atoms with van der Waals surface area (Å²) in [7, 11) is 0. The van der Waals surface area contributed by atoms with Gasteiger partial charge in [0.05, 0.1) is 11.4 Å². The molecule has 0 fully saturated rings. The highest BCUT2D eigenvalue weighted by molar-refractivity contribution is 5.67. The largest absolute Gasteiger partial charge is 0.399 e. The lowest BCUT2D eigenvalue weighted by atomic mass is 10.1. The summed E-state index contributed by atoms with van der Waals surface area (Å²) in [4.78, 5) is 0. The first-order valence-corrected chi connectivity index (χ1v) is 6.28. The van der Waals surface area contributed by atoms with E-state index in [-0.39, 0.29) is 0 Å². The molecule has 0 bridgehead atoms. The fourth-order valence-electron chi connectivity index (χ4n) is 2.04. The smallest absolute Gasteiger partial charge is 0.0930 e. The van der Waals surface area contributed by atoms with Crippen LogP contribution in [0.25, 0.3) is 22.5 Å². The SMILES string of the molecule is Nc1cccc(-c2ccc(-c3cccc(N)c3)nn2)c1. The molecule has 98 valence electrons. The first-order valence-electron chi connectivity index (χ1n) is 6.28. The topological polar surface area (TPSA) is 77.8 Å². The molecule has 4 heteroatoms. The summed E-state index contributed by atoms with van der Waals surface area (Å²) < 4.78 is 0. The summed E-state index contributed by atoms with van der Waals surface area (Å²) in [6.07, 6.45) is 0. The Hall–Kier alpha value is -2.88. The number of nitrogens with two attached hydrogens (primary N) is 2. The molecule has 1 aromatic heterocycles. The summed E-state index contributed by atoms with van der Waals surface area (Å²) in [6, 6.07) is 19.0. The van der Waals surface area contributed by atoms with Gasteiger partial charge >= 0.3 is 0 Å². The van der Waals surface area contributed by atoms with Gasteiger partial charge in [-0.25, -0.2) is 0 Å².